The first kappa shape index (κ1) is 18.7. The maximum Gasteiger partial charge on any atom is 0.220 e. The number of fused-ring (bicyclic) bond motifs is 1. The Hall–Kier alpha value is -3.65. The Kier molecular flexibility index (Phi) is 5.01. The summed E-state index contributed by atoms with van der Waals surface area (Å²) in [4.78, 5) is 8.24. The lowest BCUT2D eigenvalue weighted by Crippen LogP contribution is -2.19. The van der Waals surface area contributed by atoms with Crippen molar-refractivity contribution in [1.29, 1.82) is 0 Å². The summed E-state index contributed by atoms with van der Waals surface area (Å²) < 4.78 is 26.3. The van der Waals surface area contributed by atoms with E-state index in [4.69, 9.17) is 18.0 Å². The number of nitrogens with one attached hydrogen (secondary N) is 2. The van der Waals surface area contributed by atoms with Crippen LogP contribution in [0.15, 0.2) is 66.9 Å². The molecule has 29 heavy (non-hydrogen) atoms. The van der Waals surface area contributed by atoms with Crippen LogP contribution in [0.1, 0.15) is 0 Å². The van der Waals surface area contributed by atoms with E-state index in [0.29, 0.717) is 5.69 Å². The van der Waals surface area contributed by atoms with Crippen LogP contribution in [0.4, 0.5) is 26.1 Å². The van der Waals surface area contributed by atoms with E-state index in [1.807, 2.05) is 42.5 Å². The molecule has 4 aromatic rings. The third-order valence-electron chi connectivity index (χ3n) is 4.25. The molecule has 0 bridgehead atoms. The van der Waals surface area contributed by atoms with Crippen molar-refractivity contribution >= 4 is 45.6 Å². The zero-order valence-corrected chi connectivity index (χ0v) is 15.8. The fourth-order valence-electron chi connectivity index (χ4n) is 2.83. The molecule has 4 rings (SSSR count). The maximum atomic E-state index is 13.3. The smallest absolute Gasteiger partial charge is 0.220 e. The molecule has 0 saturated carbocycles. The van der Waals surface area contributed by atoms with Crippen molar-refractivity contribution in [3.8, 4) is 11.1 Å². The Morgan fingerprint density at radius 3 is 2.28 bits per heavy atom. The van der Waals surface area contributed by atoms with Gasteiger partial charge in [-0.25, -0.2) is 18.7 Å². The van der Waals surface area contributed by atoms with Gasteiger partial charge < -0.3 is 16.4 Å². The molecule has 1 heterocycles. The van der Waals surface area contributed by atoms with Gasteiger partial charge >= 0.3 is 0 Å². The number of thiocarbonyl (C=S) groups is 1. The molecule has 8 heteroatoms. The molecule has 0 radical (unpaired) electrons. The molecule has 0 aliphatic carbocycles. The van der Waals surface area contributed by atoms with Crippen molar-refractivity contribution < 1.29 is 8.78 Å². The minimum atomic E-state index is -0.940. The number of hydrogen-bond acceptors (Lipinski definition) is 4. The van der Waals surface area contributed by atoms with Crippen LogP contribution in [0.25, 0.3) is 22.0 Å². The quantitative estimate of drug-likeness (QED) is 0.417. The standard InChI is InChI=1S/C21H15F2N5S/c22-17-8-7-16(10-18(17)23)27-21(29)26-15-5-3-12(4-6-15)13-1-2-14-11-25-20(24)28-19(14)9-13/h1-11H,(H2,24,25,28)(H2,26,27,29). The van der Waals surface area contributed by atoms with E-state index < -0.39 is 11.6 Å². The number of nitrogen functional groups attached to an aromatic ring is 1. The van der Waals surface area contributed by atoms with Gasteiger partial charge in [0, 0.05) is 29.0 Å². The molecule has 1 aromatic heterocycles. The van der Waals surface area contributed by atoms with Crippen molar-refractivity contribution in [2.75, 3.05) is 16.4 Å². The van der Waals surface area contributed by atoms with E-state index in [9.17, 15) is 8.78 Å². The average molecular weight is 407 g/mol. The van der Waals surface area contributed by atoms with Gasteiger partial charge in [-0.3, -0.25) is 0 Å². The highest BCUT2D eigenvalue weighted by Gasteiger charge is 2.06. The SMILES string of the molecule is Nc1ncc2ccc(-c3ccc(NC(=S)Nc4ccc(F)c(F)c4)cc3)cc2n1. The molecule has 0 spiro atoms. The van der Waals surface area contributed by atoms with Crippen LogP contribution in [-0.4, -0.2) is 15.1 Å². The molecule has 4 N–H and O–H groups in total. The fourth-order valence-corrected chi connectivity index (χ4v) is 3.07. The van der Waals surface area contributed by atoms with Crippen LogP contribution in [0, 0.1) is 11.6 Å². The van der Waals surface area contributed by atoms with Crippen LogP contribution >= 0.6 is 12.2 Å². The normalized spacial score (nSPS) is 10.7. The second-order valence-corrected chi connectivity index (χ2v) is 6.70. The van der Waals surface area contributed by atoms with Crippen LogP contribution in [-0.2, 0) is 0 Å². The van der Waals surface area contributed by atoms with Gasteiger partial charge in [-0.05, 0) is 53.7 Å². The Labute approximate surface area is 170 Å². The third kappa shape index (κ3) is 4.27. The van der Waals surface area contributed by atoms with Gasteiger partial charge in [-0.1, -0.05) is 24.3 Å². The maximum absolute atomic E-state index is 13.3. The third-order valence-corrected chi connectivity index (χ3v) is 4.46. The number of halogens is 2. The molecule has 0 atom stereocenters. The highest BCUT2D eigenvalue weighted by Crippen LogP contribution is 2.25. The van der Waals surface area contributed by atoms with Crippen LogP contribution in [0.3, 0.4) is 0 Å². The molecular formula is C21H15F2N5S. The van der Waals surface area contributed by atoms with Gasteiger partial charge in [0.25, 0.3) is 0 Å². The lowest BCUT2D eigenvalue weighted by molar-refractivity contribution is 0.509. The predicted molar refractivity (Wildman–Crippen MR) is 116 cm³/mol. The molecule has 0 saturated heterocycles. The van der Waals surface area contributed by atoms with Gasteiger partial charge in [0.2, 0.25) is 5.95 Å². The van der Waals surface area contributed by atoms with Crippen LogP contribution in [0.2, 0.25) is 0 Å². The van der Waals surface area contributed by atoms with E-state index >= 15 is 0 Å². The number of nitrogens with two attached hydrogens (primary N) is 1. The van der Waals surface area contributed by atoms with E-state index in [2.05, 4.69) is 20.6 Å². The van der Waals surface area contributed by atoms with Crippen molar-refractivity contribution in [3.63, 3.8) is 0 Å². The Bertz CT molecular complexity index is 1210. The minimum absolute atomic E-state index is 0.233. The summed E-state index contributed by atoms with van der Waals surface area (Å²) in [5.41, 5.74) is 9.53. The highest BCUT2D eigenvalue weighted by molar-refractivity contribution is 7.80. The first-order valence-electron chi connectivity index (χ1n) is 8.64. The van der Waals surface area contributed by atoms with Crippen molar-refractivity contribution in [3.05, 3.63) is 78.5 Å². The predicted octanol–water partition coefficient (Wildman–Crippen LogP) is 4.97. The van der Waals surface area contributed by atoms with Crippen molar-refractivity contribution in [2.24, 2.45) is 0 Å². The summed E-state index contributed by atoms with van der Waals surface area (Å²) >= 11 is 5.22. The monoisotopic (exact) mass is 407 g/mol. The topological polar surface area (TPSA) is 75.9 Å². The largest absolute Gasteiger partial charge is 0.368 e. The van der Waals surface area contributed by atoms with Crippen LogP contribution < -0.4 is 16.4 Å². The second-order valence-electron chi connectivity index (χ2n) is 6.29. The molecule has 5 nitrogen and oxygen atoms in total. The summed E-state index contributed by atoms with van der Waals surface area (Å²) in [5, 5.41) is 7.00. The minimum Gasteiger partial charge on any atom is -0.368 e. The number of rotatable bonds is 3. The summed E-state index contributed by atoms with van der Waals surface area (Å²) in [5.74, 6) is -1.62. The highest BCUT2D eigenvalue weighted by atomic mass is 32.1. The first-order valence-corrected chi connectivity index (χ1v) is 9.04. The van der Waals surface area contributed by atoms with Gasteiger partial charge in [0.15, 0.2) is 16.7 Å². The summed E-state index contributed by atoms with van der Waals surface area (Å²) in [7, 11) is 0. The number of aromatic nitrogens is 2. The second kappa shape index (κ2) is 7.76. The van der Waals surface area contributed by atoms with E-state index in [1.165, 1.54) is 6.07 Å². The molecular weight excluding hydrogens is 392 g/mol. The first-order chi connectivity index (χ1) is 14.0. The summed E-state index contributed by atoms with van der Waals surface area (Å²) in [6.45, 7) is 0. The zero-order chi connectivity index (χ0) is 20.4. The Morgan fingerprint density at radius 1 is 0.828 bits per heavy atom. The molecule has 3 aromatic carbocycles. The van der Waals surface area contributed by atoms with E-state index in [1.54, 1.807) is 6.20 Å². The summed E-state index contributed by atoms with van der Waals surface area (Å²) in [6, 6.07) is 17.0. The van der Waals surface area contributed by atoms with Gasteiger partial charge in [0.05, 0.1) is 5.52 Å². The lowest BCUT2D eigenvalue weighted by atomic mass is 10.0. The Morgan fingerprint density at radius 2 is 1.52 bits per heavy atom. The summed E-state index contributed by atoms with van der Waals surface area (Å²) in [6.07, 6.45) is 1.69. The number of nitrogens with zero attached hydrogens (tertiary/aromatic N) is 2. The molecule has 0 aliphatic heterocycles. The van der Waals surface area contributed by atoms with E-state index in [0.717, 1.165) is 39.8 Å². The molecule has 0 amide bonds. The zero-order valence-electron chi connectivity index (χ0n) is 15.0. The molecule has 0 fully saturated rings. The number of benzene rings is 3. The fraction of sp³-hybridized carbons (Fsp3) is 0. The molecule has 0 unspecified atom stereocenters. The van der Waals surface area contributed by atoms with E-state index in [-0.39, 0.29) is 11.1 Å². The lowest BCUT2D eigenvalue weighted by Gasteiger charge is -2.11. The Balaban J connectivity index is 1.47. The number of hydrogen-bond donors (Lipinski definition) is 3. The number of anilines is 3. The molecule has 0 aliphatic rings. The van der Waals surface area contributed by atoms with Crippen LogP contribution in [0.5, 0.6) is 0 Å². The molecule has 144 valence electrons. The van der Waals surface area contributed by atoms with Crippen molar-refractivity contribution in [1.82, 2.24) is 9.97 Å². The van der Waals surface area contributed by atoms with Gasteiger partial charge in [-0.2, -0.15) is 0 Å². The van der Waals surface area contributed by atoms with Crippen molar-refractivity contribution in [2.45, 2.75) is 0 Å². The van der Waals surface area contributed by atoms with Gasteiger partial charge in [0.1, 0.15) is 0 Å². The average Bonchev–Trinajstić information content (AvgIpc) is 2.71. The van der Waals surface area contributed by atoms with Gasteiger partial charge in [-0.15, -0.1) is 0 Å².